The fourth-order valence-electron chi connectivity index (χ4n) is 3.89. The molecule has 7 nitrogen and oxygen atoms in total. The number of nitrogens with two attached hydrogens (primary N) is 1. The number of amides is 1. The lowest BCUT2D eigenvalue weighted by atomic mass is 9.83. The lowest BCUT2D eigenvalue weighted by Gasteiger charge is -2.27. The highest BCUT2D eigenvalue weighted by Crippen LogP contribution is 2.44. The molecule has 154 valence electrons. The van der Waals surface area contributed by atoms with Crippen LogP contribution in [0.1, 0.15) is 67.7 Å². The smallest absolute Gasteiger partial charge is 0.267 e. The van der Waals surface area contributed by atoms with Crippen molar-refractivity contribution in [2.45, 2.75) is 57.4 Å². The van der Waals surface area contributed by atoms with Gasteiger partial charge < -0.3 is 5.73 Å². The second-order valence-electron chi connectivity index (χ2n) is 7.74. The topological polar surface area (TPSA) is 91.1 Å². The predicted octanol–water partition coefficient (Wildman–Crippen LogP) is 4.22. The molecule has 3 aromatic rings. The summed E-state index contributed by atoms with van der Waals surface area (Å²) in [4.78, 5) is 16.9. The maximum absolute atomic E-state index is 13.7. The van der Waals surface area contributed by atoms with Gasteiger partial charge in [0.25, 0.3) is 5.91 Å². The van der Waals surface area contributed by atoms with Gasteiger partial charge in [0.05, 0.1) is 34.4 Å². The maximum atomic E-state index is 13.7. The standard InChI is InChI=1S/C19H21ClF2N6O/c1-10(2)28-17(18(23)29)15(13-9-27-14(25-13)7-12(20)8-24-27)16(26-28)11-3-5-19(21,22)6-4-11/h7-11H,3-6H2,1-2H3,(H2,23,29). The van der Waals surface area contributed by atoms with Crippen molar-refractivity contribution in [3.8, 4) is 11.3 Å². The molecule has 1 saturated carbocycles. The molecule has 10 heteroatoms. The number of nitrogens with zero attached hydrogens (tertiary/aromatic N) is 5. The van der Waals surface area contributed by atoms with Crippen LogP contribution in [0.3, 0.4) is 0 Å². The Labute approximate surface area is 170 Å². The molecule has 4 rings (SSSR count). The first-order valence-corrected chi connectivity index (χ1v) is 9.85. The Morgan fingerprint density at radius 2 is 2.03 bits per heavy atom. The van der Waals surface area contributed by atoms with Crippen LogP contribution >= 0.6 is 11.6 Å². The number of aromatic nitrogens is 5. The summed E-state index contributed by atoms with van der Waals surface area (Å²) in [6, 6.07) is 1.51. The minimum Gasteiger partial charge on any atom is -0.364 e. The zero-order chi connectivity index (χ0) is 20.9. The van der Waals surface area contributed by atoms with Gasteiger partial charge >= 0.3 is 0 Å². The summed E-state index contributed by atoms with van der Waals surface area (Å²) < 4.78 is 30.5. The number of primary amides is 1. The Kier molecular flexibility index (Phi) is 4.80. The van der Waals surface area contributed by atoms with Crippen molar-refractivity contribution in [3.05, 3.63) is 34.9 Å². The number of hydrogen-bond donors (Lipinski definition) is 1. The third-order valence-electron chi connectivity index (χ3n) is 5.31. The van der Waals surface area contributed by atoms with Gasteiger partial charge in [-0.05, 0) is 26.7 Å². The molecule has 0 aliphatic heterocycles. The monoisotopic (exact) mass is 422 g/mol. The summed E-state index contributed by atoms with van der Waals surface area (Å²) in [6.45, 7) is 3.76. The molecule has 1 amide bonds. The number of rotatable bonds is 4. The minimum absolute atomic E-state index is 0.139. The number of imidazole rings is 1. The van der Waals surface area contributed by atoms with E-state index in [1.165, 1.54) is 10.7 Å². The van der Waals surface area contributed by atoms with Crippen molar-refractivity contribution in [1.82, 2.24) is 24.4 Å². The van der Waals surface area contributed by atoms with Gasteiger partial charge in [-0.15, -0.1) is 0 Å². The number of fused-ring (bicyclic) bond motifs is 1. The van der Waals surface area contributed by atoms with E-state index in [9.17, 15) is 13.6 Å². The van der Waals surface area contributed by atoms with E-state index in [-0.39, 0.29) is 43.3 Å². The average molecular weight is 423 g/mol. The van der Waals surface area contributed by atoms with Gasteiger partial charge in [0.15, 0.2) is 5.65 Å². The fraction of sp³-hybridized carbons (Fsp3) is 0.474. The molecule has 0 bridgehead atoms. The normalized spacial score (nSPS) is 17.3. The van der Waals surface area contributed by atoms with Crippen molar-refractivity contribution in [2.24, 2.45) is 5.73 Å². The lowest BCUT2D eigenvalue weighted by molar-refractivity contribution is -0.0385. The highest BCUT2D eigenvalue weighted by atomic mass is 35.5. The van der Waals surface area contributed by atoms with Crippen LogP contribution in [-0.2, 0) is 0 Å². The van der Waals surface area contributed by atoms with E-state index >= 15 is 0 Å². The highest BCUT2D eigenvalue weighted by molar-refractivity contribution is 6.30. The van der Waals surface area contributed by atoms with Gasteiger partial charge in [-0.3, -0.25) is 9.48 Å². The zero-order valence-electron chi connectivity index (χ0n) is 16.1. The van der Waals surface area contributed by atoms with Crippen molar-refractivity contribution >= 4 is 23.2 Å². The summed E-state index contributed by atoms with van der Waals surface area (Å²) in [5, 5.41) is 9.25. The quantitative estimate of drug-likeness (QED) is 0.681. The van der Waals surface area contributed by atoms with Gasteiger partial charge in [0, 0.05) is 30.9 Å². The van der Waals surface area contributed by atoms with Crippen molar-refractivity contribution < 1.29 is 13.6 Å². The second-order valence-corrected chi connectivity index (χ2v) is 8.18. The molecule has 0 radical (unpaired) electrons. The number of alkyl halides is 2. The van der Waals surface area contributed by atoms with E-state index < -0.39 is 11.8 Å². The highest BCUT2D eigenvalue weighted by Gasteiger charge is 2.39. The predicted molar refractivity (Wildman–Crippen MR) is 104 cm³/mol. The molecule has 0 saturated heterocycles. The molecular weight excluding hydrogens is 402 g/mol. The minimum atomic E-state index is -2.66. The number of carbonyl (C=O) groups is 1. The first-order valence-electron chi connectivity index (χ1n) is 9.47. The van der Waals surface area contributed by atoms with Crippen LogP contribution in [0.15, 0.2) is 18.5 Å². The van der Waals surface area contributed by atoms with E-state index in [1.807, 2.05) is 13.8 Å². The van der Waals surface area contributed by atoms with Gasteiger partial charge in [0.1, 0.15) is 5.69 Å². The molecular formula is C19H21ClF2N6O. The average Bonchev–Trinajstić information content (AvgIpc) is 3.22. The molecule has 1 fully saturated rings. The molecule has 1 aliphatic rings. The van der Waals surface area contributed by atoms with Gasteiger partial charge in [-0.25, -0.2) is 18.3 Å². The number of carbonyl (C=O) groups excluding carboxylic acids is 1. The van der Waals surface area contributed by atoms with Gasteiger partial charge in [0.2, 0.25) is 5.92 Å². The van der Waals surface area contributed by atoms with E-state index in [0.29, 0.717) is 27.6 Å². The summed E-state index contributed by atoms with van der Waals surface area (Å²) in [5.74, 6) is -3.51. The van der Waals surface area contributed by atoms with Crippen LogP contribution in [0.4, 0.5) is 8.78 Å². The summed E-state index contributed by atoms with van der Waals surface area (Å²) >= 11 is 6.00. The third kappa shape index (κ3) is 3.59. The van der Waals surface area contributed by atoms with Crippen molar-refractivity contribution in [1.29, 1.82) is 0 Å². The Hall–Kier alpha value is -2.55. The Morgan fingerprint density at radius 1 is 1.34 bits per heavy atom. The zero-order valence-corrected chi connectivity index (χ0v) is 16.8. The van der Waals surface area contributed by atoms with Gasteiger partial charge in [-0.1, -0.05) is 11.6 Å². The molecule has 0 spiro atoms. The SMILES string of the molecule is CC(C)n1nc(C2CCC(F)(F)CC2)c(-c2cn3ncc(Cl)cc3n2)c1C(N)=O. The Morgan fingerprint density at radius 3 is 2.66 bits per heavy atom. The lowest BCUT2D eigenvalue weighted by Crippen LogP contribution is -2.24. The summed E-state index contributed by atoms with van der Waals surface area (Å²) in [7, 11) is 0. The second kappa shape index (κ2) is 7.05. The molecule has 29 heavy (non-hydrogen) atoms. The van der Waals surface area contributed by atoms with E-state index in [4.69, 9.17) is 17.3 Å². The van der Waals surface area contributed by atoms with Crippen LogP contribution in [0.2, 0.25) is 5.02 Å². The summed E-state index contributed by atoms with van der Waals surface area (Å²) in [5.41, 5.74) is 7.96. The van der Waals surface area contributed by atoms with Crippen LogP contribution < -0.4 is 5.73 Å². The largest absolute Gasteiger partial charge is 0.364 e. The fourth-order valence-corrected chi connectivity index (χ4v) is 4.03. The van der Waals surface area contributed by atoms with Crippen LogP contribution in [0, 0.1) is 0 Å². The van der Waals surface area contributed by atoms with Crippen molar-refractivity contribution in [3.63, 3.8) is 0 Å². The van der Waals surface area contributed by atoms with Crippen molar-refractivity contribution in [2.75, 3.05) is 0 Å². The molecule has 1 aliphatic carbocycles. The van der Waals surface area contributed by atoms with Crippen LogP contribution in [0.25, 0.3) is 16.9 Å². The molecule has 0 atom stereocenters. The Bertz CT molecular complexity index is 1080. The molecule has 0 aromatic carbocycles. The van der Waals surface area contributed by atoms with E-state index in [1.54, 1.807) is 16.9 Å². The first kappa shape index (κ1) is 19.8. The third-order valence-corrected chi connectivity index (χ3v) is 5.51. The van der Waals surface area contributed by atoms with E-state index in [0.717, 1.165) is 0 Å². The number of hydrogen-bond acceptors (Lipinski definition) is 4. The molecule has 0 unspecified atom stereocenters. The first-order chi connectivity index (χ1) is 13.7. The summed E-state index contributed by atoms with van der Waals surface area (Å²) in [6.07, 6.45) is 3.30. The van der Waals surface area contributed by atoms with E-state index in [2.05, 4.69) is 15.2 Å². The molecule has 2 N–H and O–H groups in total. The van der Waals surface area contributed by atoms with Crippen LogP contribution in [-0.4, -0.2) is 36.2 Å². The molecule has 3 heterocycles. The number of halogens is 3. The molecule has 3 aromatic heterocycles. The Balaban J connectivity index is 1.90. The van der Waals surface area contributed by atoms with Crippen LogP contribution in [0.5, 0.6) is 0 Å². The maximum Gasteiger partial charge on any atom is 0.267 e. The van der Waals surface area contributed by atoms with Gasteiger partial charge in [-0.2, -0.15) is 10.2 Å².